The number of benzene rings is 2. The molecule has 2 aromatic carbocycles. The Hall–Kier alpha value is -3.28. The largest absolute Gasteiger partial charge is 0.486 e. The molecule has 0 unspecified atom stereocenters. The Balaban J connectivity index is 1.37. The van der Waals surface area contributed by atoms with Crippen LogP contribution in [0.5, 0.6) is 11.5 Å². The van der Waals surface area contributed by atoms with E-state index in [0.717, 1.165) is 48.1 Å². The second-order valence-electron chi connectivity index (χ2n) is 6.72. The van der Waals surface area contributed by atoms with Gasteiger partial charge in [0.15, 0.2) is 11.5 Å². The van der Waals surface area contributed by atoms with Gasteiger partial charge in [-0.25, -0.2) is 4.98 Å². The molecule has 3 aromatic rings. The summed E-state index contributed by atoms with van der Waals surface area (Å²) < 4.78 is 11.2. The van der Waals surface area contributed by atoms with Gasteiger partial charge in [0.1, 0.15) is 19.0 Å². The van der Waals surface area contributed by atoms with Crippen molar-refractivity contribution in [2.45, 2.75) is 19.8 Å². The monoisotopic (exact) mass is 376 g/mol. The molecule has 0 saturated carbocycles. The molecule has 0 fully saturated rings. The minimum Gasteiger partial charge on any atom is -0.486 e. The average molecular weight is 376 g/mol. The number of ether oxygens (including phenoxy) is 2. The molecule has 0 amide bonds. The van der Waals surface area contributed by atoms with Gasteiger partial charge >= 0.3 is 0 Å². The number of fused-ring (bicyclic) bond motifs is 1. The molecule has 1 aliphatic rings. The van der Waals surface area contributed by atoms with Crippen LogP contribution in [0.4, 0.5) is 17.5 Å². The molecule has 0 spiro atoms. The van der Waals surface area contributed by atoms with Crippen molar-refractivity contribution in [2.75, 3.05) is 30.4 Å². The van der Waals surface area contributed by atoms with Crippen LogP contribution in [-0.4, -0.2) is 29.7 Å². The Kier molecular flexibility index (Phi) is 5.56. The van der Waals surface area contributed by atoms with Crippen molar-refractivity contribution in [1.82, 2.24) is 9.97 Å². The number of hydrogen-bond donors (Lipinski definition) is 2. The van der Waals surface area contributed by atoms with E-state index in [1.807, 2.05) is 37.3 Å². The van der Waals surface area contributed by atoms with Crippen molar-refractivity contribution >= 4 is 17.5 Å². The molecule has 144 valence electrons. The van der Waals surface area contributed by atoms with E-state index in [-0.39, 0.29) is 0 Å². The third kappa shape index (κ3) is 4.71. The van der Waals surface area contributed by atoms with Crippen molar-refractivity contribution < 1.29 is 9.47 Å². The summed E-state index contributed by atoms with van der Waals surface area (Å²) in [5.41, 5.74) is 3.12. The lowest BCUT2D eigenvalue weighted by molar-refractivity contribution is 0.171. The summed E-state index contributed by atoms with van der Waals surface area (Å²) in [5.74, 6) is 2.88. The highest BCUT2D eigenvalue weighted by Crippen LogP contribution is 2.33. The number of nitrogens with one attached hydrogen (secondary N) is 2. The molecule has 0 saturated heterocycles. The molecule has 28 heavy (non-hydrogen) atoms. The first-order valence-electron chi connectivity index (χ1n) is 9.56. The predicted octanol–water partition coefficient (Wildman–Crippen LogP) is 4.34. The minimum atomic E-state index is 0.558. The van der Waals surface area contributed by atoms with E-state index in [1.54, 1.807) is 0 Å². The summed E-state index contributed by atoms with van der Waals surface area (Å²) in [7, 11) is 0. The summed E-state index contributed by atoms with van der Waals surface area (Å²) >= 11 is 0. The summed E-state index contributed by atoms with van der Waals surface area (Å²) in [5, 5.41) is 6.65. The maximum atomic E-state index is 5.63. The number of anilines is 3. The highest BCUT2D eigenvalue weighted by atomic mass is 16.6. The Morgan fingerprint density at radius 3 is 2.61 bits per heavy atom. The van der Waals surface area contributed by atoms with Crippen LogP contribution in [0.3, 0.4) is 0 Å². The number of aromatic nitrogens is 2. The van der Waals surface area contributed by atoms with Gasteiger partial charge in [-0.2, -0.15) is 4.98 Å². The summed E-state index contributed by atoms with van der Waals surface area (Å²) in [6.45, 7) is 3.97. The number of nitrogens with zero attached hydrogens (tertiary/aromatic N) is 2. The van der Waals surface area contributed by atoms with Crippen molar-refractivity contribution in [2.24, 2.45) is 0 Å². The number of aryl methyl sites for hydroxylation is 2. The van der Waals surface area contributed by atoms with E-state index in [0.29, 0.717) is 19.2 Å². The van der Waals surface area contributed by atoms with Gasteiger partial charge < -0.3 is 20.1 Å². The highest BCUT2D eigenvalue weighted by Gasteiger charge is 2.12. The van der Waals surface area contributed by atoms with Crippen molar-refractivity contribution in [3.05, 3.63) is 65.9 Å². The van der Waals surface area contributed by atoms with Gasteiger partial charge in [-0.3, -0.25) is 0 Å². The Bertz CT molecular complexity index is 931. The van der Waals surface area contributed by atoms with Crippen LogP contribution >= 0.6 is 0 Å². The van der Waals surface area contributed by atoms with E-state index in [2.05, 4.69) is 44.9 Å². The van der Waals surface area contributed by atoms with Gasteiger partial charge in [-0.05, 0) is 37.5 Å². The van der Waals surface area contributed by atoms with E-state index in [9.17, 15) is 0 Å². The van der Waals surface area contributed by atoms with Gasteiger partial charge in [-0.15, -0.1) is 0 Å². The maximum absolute atomic E-state index is 5.63. The topological polar surface area (TPSA) is 68.3 Å². The van der Waals surface area contributed by atoms with Crippen LogP contribution in [0.2, 0.25) is 0 Å². The first-order valence-corrected chi connectivity index (χ1v) is 9.56. The zero-order valence-electron chi connectivity index (χ0n) is 15.9. The zero-order chi connectivity index (χ0) is 19.2. The smallest absolute Gasteiger partial charge is 0.229 e. The van der Waals surface area contributed by atoms with Crippen molar-refractivity contribution in [3.63, 3.8) is 0 Å². The van der Waals surface area contributed by atoms with Gasteiger partial charge in [0, 0.05) is 30.1 Å². The number of rotatable bonds is 7. The van der Waals surface area contributed by atoms with E-state index < -0.39 is 0 Å². The molecule has 0 atom stereocenters. The molecule has 0 aliphatic carbocycles. The molecular weight excluding hydrogens is 352 g/mol. The molecule has 4 rings (SSSR count). The fourth-order valence-electron chi connectivity index (χ4n) is 3.12. The fraction of sp³-hybridized carbons (Fsp3) is 0.273. The Morgan fingerprint density at radius 2 is 1.75 bits per heavy atom. The summed E-state index contributed by atoms with van der Waals surface area (Å²) in [6, 6.07) is 18.2. The Labute approximate surface area is 164 Å². The van der Waals surface area contributed by atoms with E-state index >= 15 is 0 Å². The molecular formula is C22H24N4O2. The fourth-order valence-corrected chi connectivity index (χ4v) is 3.12. The minimum absolute atomic E-state index is 0.558. The lowest BCUT2D eigenvalue weighted by Crippen LogP contribution is -2.15. The van der Waals surface area contributed by atoms with Crippen molar-refractivity contribution in [1.29, 1.82) is 0 Å². The van der Waals surface area contributed by atoms with Crippen LogP contribution in [0.25, 0.3) is 0 Å². The molecule has 0 radical (unpaired) electrons. The quantitative estimate of drug-likeness (QED) is 0.598. The van der Waals surface area contributed by atoms with E-state index in [4.69, 9.17) is 9.47 Å². The van der Waals surface area contributed by atoms with Crippen LogP contribution in [0, 0.1) is 6.92 Å². The second-order valence-corrected chi connectivity index (χ2v) is 6.72. The zero-order valence-corrected chi connectivity index (χ0v) is 15.9. The Morgan fingerprint density at radius 1 is 0.929 bits per heavy atom. The van der Waals surface area contributed by atoms with Gasteiger partial charge in [-0.1, -0.05) is 30.3 Å². The average Bonchev–Trinajstić information content (AvgIpc) is 2.71. The van der Waals surface area contributed by atoms with E-state index in [1.165, 1.54) is 5.56 Å². The number of hydrogen-bond acceptors (Lipinski definition) is 6. The van der Waals surface area contributed by atoms with Crippen LogP contribution in [0.15, 0.2) is 54.6 Å². The molecule has 6 nitrogen and oxygen atoms in total. The van der Waals surface area contributed by atoms with Crippen molar-refractivity contribution in [3.8, 4) is 11.5 Å². The van der Waals surface area contributed by atoms with Crippen LogP contribution in [0.1, 0.15) is 17.7 Å². The summed E-state index contributed by atoms with van der Waals surface area (Å²) in [6.07, 6.45) is 2.08. The molecule has 1 aromatic heterocycles. The maximum Gasteiger partial charge on any atom is 0.229 e. The molecule has 0 bridgehead atoms. The predicted molar refractivity (Wildman–Crippen MR) is 111 cm³/mol. The van der Waals surface area contributed by atoms with Gasteiger partial charge in [0.25, 0.3) is 0 Å². The molecule has 1 aliphatic heterocycles. The highest BCUT2D eigenvalue weighted by molar-refractivity contribution is 5.61. The molecule has 2 N–H and O–H groups in total. The molecule has 6 heteroatoms. The standard InChI is InChI=1S/C22H24N4O2/c1-16-14-21(23-11-5-8-17-6-3-2-4-7-17)26-22(24-16)25-18-9-10-19-20(15-18)28-13-12-27-19/h2-4,6-7,9-10,14-15H,5,8,11-13H2,1H3,(H2,23,24,25,26). The second kappa shape index (κ2) is 8.61. The lowest BCUT2D eigenvalue weighted by Gasteiger charge is -2.19. The summed E-state index contributed by atoms with van der Waals surface area (Å²) in [4.78, 5) is 9.06. The molecule has 2 heterocycles. The normalized spacial score (nSPS) is 12.5. The third-order valence-electron chi connectivity index (χ3n) is 4.44. The van der Waals surface area contributed by atoms with Crippen LogP contribution in [-0.2, 0) is 6.42 Å². The van der Waals surface area contributed by atoms with Gasteiger partial charge in [0.2, 0.25) is 5.95 Å². The van der Waals surface area contributed by atoms with Gasteiger partial charge in [0.05, 0.1) is 0 Å². The SMILES string of the molecule is Cc1cc(NCCCc2ccccc2)nc(Nc2ccc3c(c2)OCCO3)n1. The third-order valence-corrected chi connectivity index (χ3v) is 4.44. The van der Waals surface area contributed by atoms with Crippen LogP contribution < -0.4 is 20.1 Å². The first kappa shape index (κ1) is 18.1. The first-order chi connectivity index (χ1) is 13.8. The lowest BCUT2D eigenvalue weighted by atomic mass is 10.1.